The summed E-state index contributed by atoms with van der Waals surface area (Å²) in [4.78, 5) is 27.5. The predicted molar refractivity (Wildman–Crippen MR) is 88.0 cm³/mol. The van der Waals surface area contributed by atoms with Crippen molar-refractivity contribution in [2.24, 2.45) is 0 Å². The third-order valence-electron chi connectivity index (χ3n) is 3.34. The average Bonchev–Trinajstić information content (AvgIpc) is 2.81. The average molecular weight is 317 g/mol. The zero-order chi connectivity index (χ0) is 16.8. The van der Waals surface area contributed by atoms with Crippen LogP contribution in [0.15, 0.2) is 24.3 Å². The summed E-state index contributed by atoms with van der Waals surface area (Å²) < 4.78 is 7.14. The van der Waals surface area contributed by atoms with Crippen LogP contribution in [0.1, 0.15) is 33.0 Å². The van der Waals surface area contributed by atoms with Crippen molar-refractivity contribution in [3.63, 3.8) is 0 Å². The molecular formula is C17H23N3O3. The molecule has 0 radical (unpaired) electrons. The Bertz CT molecular complexity index is 691. The molecule has 1 amide bonds. The predicted octanol–water partition coefficient (Wildman–Crippen LogP) is 2.06. The minimum atomic E-state index is -0.272. The highest BCUT2D eigenvalue weighted by Gasteiger charge is 2.14. The number of hydrogen-bond acceptors (Lipinski definition) is 4. The molecule has 0 saturated carbocycles. The second kappa shape index (κ2) is 7.76. The first kappa shape index (κ1) is 17.0. The summed E-state index contributed by atoms with van der Waals surface area (Å²) in [6.45, 7) is 5.90. The van der Waals surface area contributed by atoms with Gasteiger partial charge in [0.15, 0.2) is 0 Å². The molecule has 0 saturated heterocycles. The Morgan fingerprint density at radius 2 is 2.04 bits per heavy atom. The molecule has 124 valence electrons. The molecule has 2 rings (SSSR count). The molecule has 1 N–H and O–H groups in total. The number of benzene rings is 1. The van der Waals surface area contributed by atoms with E-state index in [-0.39, 0.29) is 24.5 Å². The summed E-state index contributed by atoms with van der Waals surface area (Å²) in [5, 5.41) is 2.77. The number of aromatic nitrogens is 2. The first-order valence-corrected chi connectivity index (χ1v) is 7.85. The molecule has 6 heteroatoms. The van der Waals surface area contributed by atoms with Crippen molar-refractivity contribution in [3.8, 4) is 0 Å². The fraction of sp³-hybridized carbons (Fsp3) is 0.471. The molecule has 0 aliphatic carbocycles. The Morgan fingerprint density at radius 3 is 2.74 bits per heavy atom. The third-order valence-corrected chi connectivity index (χ3v) is 3.34. The molecule has 0 bridgehead atoms. The lowest BCUT2D eigenvalue weighted by Gasteiger charge is -2.11. The molecule has 0 aliphatic rings. The number of imidazole rings is 1. The van der Waals surface area contributed by atoms with Gasteiger partial charge in [0.2, 0.25) is 5.91 Å². The van der Waals surface area contributed by atoms with E-state index in [0.717, 1.165) is 23.3 Å². The molecule has 1 heterocycles. The molecule has 0 aliphatic heterocycles. The normalized spacial score (nSPS) is 11.0. The number of carbonyl (C=O) groups excluding carboxylic acids is 2. The maximum atomic E-state index is 12.0. The summed E-state index contributed by atoms with van der Waals surface area (Å²) in [6.07, 6.45) is 1.31. The van der Waals surface area contributed by atoms with Gasteiger partial charge in [0.1, 0.15) is 12.4 Å². The second-order valence-corrected chi connectivity index (χ2v) is 5.73. The Labute approximate surface area is 135 Å². The summed E-state index contributed by atoms with van der Waals surface area (Å²) in [6, 6.07) is 7.72. The number of esters is 1. The van der Waals surface area contributed by atoms with Crippen LogP contribution in [0.2, 0.25) is 0 Å². The molecular weight excluding hydrogens is 294 g/mol. The van der Waals surface area contributed by atoms with E-state index in [2.05, 4.69) is 10.3 Å². The Kier molecular flexibility index (Phi) is 5.73. The van der Waals surface area contributed by atoms with E-state index in [4.69, 9.17) is 4.74 Å². The van der Waals surface area contributed by atoms with Gasteiger partial charge in [0.05, 0.1) is 17.1 Å². The smallest absolute Gasteiger partial charge is 0.326 e. The van der Waals surface area contributed by atoms with Crippen LogP contribution >= 0.6 is 0 Å². The fourth-order valence-electron chi connectivity index (χ4n) is 2.43. The number of nitrogens with zero attached hydrogens (tertiary/aromatic N) is 2. The first-order valence-electron chi connectivity index (χ1n) is 7.85. The summed E-state index contributed by atoms with van der Waals surface area (Å²) in [7, 11) is 0. The molecule has 0 spiro atoms. The number of nitrogens with one attached hydrogen (secondary N) is 1. The van der Waals surface area contributed by atoms with E-state index >= 15 is 0 Å². The zero-order valence-electron chi connectivity index (χ0n) is 13.8. The molecule has 0 unspecified atom stereocenters. The van der Waals surface area contributed by atoms with E-state index in [1.54, 1.807) is 0 Å². The van der Waals surface area contributed by atoms with Crippen LogP contribution in [0.25, 0.3) is 11.0 Å². The molecule has 0 fully saturated rings. The minimum Gasteiger partial charge on any atom is -0.462 e. The van der Waals surface area contributed by atoms with Gasteiger partial charge >= 0.3 is 5.97 Å². The summed E-state index contributed by atoms with van der Waals surface area (Å²) in [5.41, 5.74) is 1.78. The van der Waals surface area contributed by atoms with Gasteiger partial charge in [0.25, 0.3) is 0 Å². The van der Waals surface area contributed by atoms with Crippen molar-refractivity contribution < 1.29 is 14.3 Å². The highest BCUT2D eigenvalue weighted by atomic mass is 16.5. The standard InChI is InChI=1S/C17H23N3O3/c1-12(2)23-17(22)11-20-15-8-5-4-7-14(15)19-16(20)9-6-10-18-13(3)21/h4-5,7-8,12H,6,9-11H2,1-3H3,(H,18,21). The van der Waals surface area contributed by atoms with Crippen molar-refractivity contribution in [2.75, 3.05) is 6.54 Å². The number of fused-ring (bicyclic) bond motifs is 1. The van der Waals surface area contributed by atoms with Gasteiger partial charge in [-0.2, -0.15) is 0 Å². The van der Waals surface area contributed by atoms with E-state index in [0.29, 0.717) is 13.0 Å². The number of amides is 1. The van der Waals surface area contributed by atoms with Gasteiger partial charge in [-0.1, -0.05) is 12.1 Å². The number of rotatable bonds is 7. The highest BCUT2D eigenvalue weighted by Crippen LogP contribution is 2.17. The highest BCUT2D eigenvalue weighted by molar-refractivity contribution is 5.79. The molecule has 2 aromatic rings. The minimum absolute atomic E-state index is 0.0426. The van der Waals surface area contributed by atoms with Crippen LogP contribution in [0.4, 0.5) is 0 Å². The quantitative estimate of drug-likeness (QED) is 0.626. The van der Waals surface area contributed by atoms with E-state index < -0.39 is 0 Å². The van der Waals surface area contributed by atoms with Crippen LogP contribution in [-0.4, -0.2) is 34.1 Å². The van der Waals surface area contributed by atoms with Gasteiger partial charge in [0, 0.05) is 19.9 Å². The topological polar surface area (TPSA) is 73.2 Å². The van der Waals surface area contributed by atoms with Crippen LogP contribution in [0, 0.1) is 0 Å². The maximum Gasteiger partial charge on any atom is 0.326 e. The monoisotopic (exact) mass is 317 g/mol. The summed E-state index contributed by atoms with van der Waals surface area (Å²) >= 11 is 0. The molecule has 1 aromatic heterocycles. The largest absolute Gasteiger partial charge is 0.462 e. The van der Waals surface area contributed by atoms with Gasteiger partial charge in [-0.25, -0.2) is 4.98 Å². The number of aryl methyl sites for hydroxylation is 1. The van der Waals surface area contributed by atoms with E-state index in [9.17, 15) is 9.59 Å². The Balaban J connectivity index is 2.16. The van der Waals surface area contributed by atoms with Crippen molar-refractivity contribution in [1.82, 2.24) is 14.9 Å². The number of ether oxygens (including phenoxy) is 1. The molecule has 0 atom stereocenters. The van der Waals surface area contributed by atoms with E-state index in [1.165, 1.54) is 6.92 Å². The number of carbonyl (C=O) groups is 2. The SMILES string of the molecule is CC(=O)NCCCc1nc2ccccc2n1CC(=O)OC(C)C. The van der Waals surface area contributed by atoms with Gasteiger partial charge < -0.3 is 14.6 Å². The zero-order valence-corrected chi connectivity index (χ0v) is 13.8. The lowest BCUT2D eigenvalue weighted by atomic mass is 10.3. The van der Waals surface area contributed by atoms with Crippen LogP contribution in [0.5, 0.6) is 0 Å². The van der Waals surface area contributed by atoms with Gasteiger partial charge in [-0.15, -0.1) is 0 Å². The lowest BCUT2D eigenvalue weighted by Crippen LogP contribution is -2.22. The van der Waals surface area contributed by atoms with Crippen molar-refractivity contribution in [1.29, 1.82) is 0 Å². The van der Waals surface area contributed by atoms with Crippen molar-refractivity contribution in [3.05, 3.63) is 30.1 Å². The van der Waals surface area contributed by atoms with Crippen molar-refractivity contribution in [2.45, 2.75) is 46.3 Å². The van der Waals surface area contributed by atoms with Crippen molar-refractivity contribution >= 4 is 22.9 Å². The molecule has 1 aromatic carbocycles. The fourth-order valence-corrected chi connectivity index (χ4v) is 2.43. The Hall–Kier alpha value is -2.37. The van der Waals surface area contributed by atoms with E-state index in [1.807, 2.05) is 42.7 Å². The second-order valence-electron chi connectivity index (χ2n) is 5.73. The van der Waals surface area contributed by atoms with Crippen LogP contribution in [0.3, 0.4) is 0 Å². The molecule has 23 heavy (non-hydrogen) atoms. The lowest BCUT2D eigenvalue weighted by molar-refractivity contribution is -0.148. The Morgan fingerprint density at radius 1 is 1.30 bits per heavy atom. The summed E-state index contributed by atoms with van der Waals surface area (Å²) in [5.74, 6) is 0.516. The maximum absolute atomic E-state index is 12.0. The first-order chi connectivity index (χ1) is 11.0. The van der Waals surface area contributed by atoms with Gasteiger partial charge in [-0.05, 0) is 32.4 Å². The van der Waals surface area contributed by atoms with Crippen LogP contribution in [-0.2, 0) is 27.3 Å². The third kappa shape index (κ3) is 4.81. The number of para-hydroxylation sites is 2. The van der Waals surface area contributed by atoms with Gasteiger partial charge in [-0.3, -0.25) is 9.59 Å². The number of hydrogen-bond donors (Lipinski definition) is 1. The molecule has 6 nitrogen and oxygen atoms in total. The van der Waals surface area contributed by atoms with Crippen LogP contribution < -0.4 is 5.32 Å².